The molecular formula is C20H20N4O6. The van der Waals surface area contributed by atoms with Crippen molar-refractivity contribution in [3.63, 3.8) is 0 Å². The highest BCUT2D eigenvalue weighted by Crippen LogP contribution is 2.31. The summed E-state index contributed by atoms with van der Waals surface area (Å²) in [5.41, 5.74) is 1.88. The van der Waals surface area contributed by atoms with E-state index in [-0.39, 0.29) is 17.9 Å². The van der Waals surface area contributed by atoms with Gasteiger partial charge in [-0.3, -0.25) is 25.1 Å². The molecule has 10 nitrogen and oxygen atoms in total. The van der Waals surface area contributed by atoms with Gasteiger partial charge in [0.2, 0.25) is 0 Å². The van der Waals surface area contributed by atoms with Crippen LogP contribution in [-0.2, 0) is 15.1 Å². The van der Waals surface area contributed by atoms with E-state index >= 15 is 0 Å². The predicted octanol–water partition coefficient (Wildman–Crippen LogP) is 2.17. The molecule has 0 spiro atoms. The average molecular weight is 412 g/mol. The molecule has 0 saturated carbocycles. The van der Waals surface area contributed by atoms with Crippen LogP contribution in [0.4, 0.5) is 10.5 Å². The first-order chi connectivity index (χ1) is 14.3. The third-order valence-corrected chi connectivity index (χ3v) is 4.79. The van der Waals surface area contributed by atoms with E-state index < -0.39 is 34.9 Å². The molecule has 1 heterocycles. The van der Waals surface area contributed by atoms with E-state index in [4.69, 9.17) is 4.74 Å². The molecule has 0 bridgehead atoms. The molecule has 3 rings (SSSR count). The number of hydrogen-bond donors (Lipinski definition) is 2. The fourth-order valence-electron chi connectivity index (χ4n) is 3.23. The van der Waals surface area contributed by atoms with Gasteiger partial charge in [0.1, 0.15) is 5.54 Å². The first-order valence-electron chi connectivity index (χ1n) is 9.18. The van der Waals surface area contributed by atoms with Crippen LogP contribution in [0.2, 0.25) is 0 Å². The van der Waals surface area contributed by atoms with Crippen molar-refractivity contribution in [3.8, 4) is 5.75 Å². The van der Waals surface area contributed by atoms with Gasteiger partial charge in [0.25, 0.3) is 11.8 Å². The van der Waals surface area contributed by atoms with Crippen LogP contribution >= 0.6 is 0 Å². The largest absolute Gasteiger partial charge is 0.477 e. The van der Waals surface area contributed by atoms with Gasteiger partial charge in [0, 0.05) is 6.07 Å². The second kappa shape index (κ2) is 8.19. The summed E-state index contributed by atoms with van der Waals surface area (Å²) in [6.45, 7) is 2.81. The molecule has 1 atom stereocenters. The van der Waals surface area contributed by atoms with Crippen molar-refractivity contribution in [3.05, 3.63) is 69.8 Å². The normalized spacial score (nSPS) is 18.1. The Labute approximate surface area is 171 Å². The van der Waals surface area contributed by atoms with Crippen molar-refractivity contribution in [1.82, 2.24) is 15.8 Å². The molecule has 4 amide bonds. The number of nitro benzene ring substituents is 1. The van der Waals surface area contributed by atoms with E-state index in [1.165, 1.54) is 12.1 Å². The maximum atomic E-state index is 13.0. The molecule has 156 valence electrons. The van der Waals surface area contributed by atoms with Crippen molar-refractivity contribution in [2.24, 2.45) is 0 Å². The molecule has 10 heteroatoms. The van der Waals surface area contributed by atoms with E-state index in [2.05, 4.69) is 10.7 Å². The Morgan fingerprint density at radius 3 is 2.57 bits per heavy atom. The van der Waals surface area contributed by atoms with Crippen molar-refractivity contribution >= 4 is 23.5 Å². The molecule has 0 aromatic heterocycles. The fraction of sp³-hybridized carbons (Fsp3) is 0.250. The zero-order chi connectivity index (χ0) is 21.9. The van der Waals surface area contributed by atoms with Crippen LogP contribution in [0.15, 0.2) is 48.5 Å². The first kappa shape index (κ1) is 20.8. The number of nitro groups is 1. The maximum absolute atomic E-state index is 13.0. The zero-order valence-corrected chi connectivity index (χ0v) is 16.4. The number of carbonyl (C=O) groups excluding carboxylic acids is 3. The van der Waals surface area contributed by atoms with Crippen LogP contribution in [0.5, 0.6) is 5.75 Å². The fourth-order valence-corrected chi connectivity index (χ4v) is 3.23. The molecule has 30 heavy (non-hydrogen) atoms. The number of benzene rings is 2. The van der Waals surface area contributed by atoms with Gasteiger partial charge in [-0.15, -0.1) is 0 Å². The molecule has 1 fully saturated rings. The molecular weight excluding hydrogens is 392 g/mol. The molecule has 1 unspecified atom stereocenters. The Balaban J connectivity index is 1.71. The van der Waals surface area contributed by atoms with E-state index in [0.717, 1.165) is 0 Å². The molecule has 0 radical (unpaired) electrons. The van der Waals surface area contributed by atoms with Crippen LogP contribution < -0.4 is 15.5 Å². The second-order valence-electron chi connectivity index (χ2n) is 6.75. The number of imide groups is 1. The minimum Gasteiger partial charge on any atom is -0.477 e. The lowest BCUT2D eigenvalue weighted by molar-refractivity contribution is -0.385. The molecule has 2 aromatic carbocycles. The van der Waals surface area contributed by atoms with E-state index in [1.807, 2.05) is 0 Å². The number of carbonyl (C=O) groups is 3. The standard InChI is InChI=1S/C20H20N4O6/c1-3-20(14-7-5-4-6-8-14)18(26)23(19(27)21-20)22-17(25)12-30-16-10-9-13(2)11-15(16)24(28)29/h4-11H,3,12H2,1-2H3,(H,21,27)(H,22,25). The molecule has 2 N–H and O–H groups in total. The number of hydrogen-bond acceptors (Lipinski definition) is 6. The van der Waals surface area contributed by atoms with Crippen molar-refractivity contribution in [2.45, 2.75) is 25.8 Å². The molecule has 1 aliphatic rings. The Morgan fingerprint density at radius 1 is 1.23 bits per heavy atom. The number of ether oxygens (including phenoxy) is 1. The number of rotatable bonds is 7. The van der Waals surface area contributed by atoms with Gasteiger partial charge in [-0.05, 0) is 30.5 Å². The smallest absolute Gasteiger partial charge is 0.344 e. The van der Waals surface area contributed by atoms with Crippen molar-refractivity contribution < 1.29 is 24.0 Å². The number of hydrazine groups is 1. The summed E-state index contributed by atoms with van der Waals surface area (Å²) in [5, 5.41) is 14.4. The predicted molar refractivity (Wildman–Crippen MR) is 105 cm³/mol. The summed E-state index contributed by atoms with van der Waals surface area (Å²) in [4.78, 5) is 48.1. The number of nitrogens with zero attached hydrogens (tertiary/aromatic N) is 2. The lowest BCUT2D eigenvalue weighted by atomic mass is 9.87. The zero-order valence-electron chi connectivity index (χ0n) is 16.4. The summed E-state index contributed by atoms with van der Waals surface area (Å²) < 4.78 is 5.24. The first-order valence-corrected chi connectivity index (χ1v) is 9.18. The molecule has 1 saturated heterocycles. The van der Waals surface area contributed by atoms with Gasteiger partial charge >= 0.3 is 11.7 Å². The van der Waals surface area contributed by atoms with Crippen LogP contribution in [0.3, 0.4) is 0 Å². The summed E-state index contributed by atoms with van der Waals surface area (Å²) in [6, 6.07) is 12.2. The number of aryl methyl sites for hydroxylation is 1. The summed E-state index contributed by atoms with van der Waals surface area (Å²) in [5.74, 6) is -1.53. The van der Waals surface area contributed by atoms with E-state index in [9.17, 15) is 24.5 Å². The third-order valence-electron chi connectivity index (χ3n) is 4.79. The van der Waals surface area contributed by atoms with Crippen LogP contribution in [0.25, 0.3) is 0 Å². The van der Waals surface area contributed by atoms with Crippen molar-refractivity contribution in [2.75, 3.05) is 6.61 Å². The van der Waals surface area contributed by atoms with Gasteiger partial charge in [0.05, 0.1) is 4.92 Å². The minimum absolute atomic E-state index is 0.0925. The Morgan fingerprint density at radius 2 is 1.93 bits per heavy atom. The maximum Gasteiger partial charge on any atom is 0.344 e. The van der Waals surface area contributed by atoms with Crippen LogP contribution in [-0.4, -0.2) is 34.4 Å². The Kier molecular flexibility index (Phi) is 5.67. The highest BCUT2D eigenvalue weighted by atomic mass is 16.6. The highest BCUT2D eigenvalue weighted by Gasteiger charge is 2.52. The minimum atomic E-state index is -1.29. The number of amides is 4. The third kappa shape index (κ3) is 3.79. The Bertz CT molecular complexity index is 1010. The molecule has 1 aliphatic heterocycles. The van der Waals surface area contributed by atoms with Gasteiger partial charge in [0.15, 0.2) is 12.4 Å². The molecule has 0 aliphatic carbocycles. The SMILES string of the molecule is CCC1(c2ccccc2)NC(=O)N(NC(=O)COc2ccc(C)cc2[N+](=O)[O-])C1=O. The van der Waals surface area contributed by atoms with Crippen molar-refractivity contribution in [1.29, 1.82) is 0 Å². The lowest BCUT2D eigenvalue weighted by Crippen LogP contribution is -2.49. The topological polar surface area (TPSA) is 131 Å². The van der Waals surface area contributed by atoms with Gasteiger partial charge < -0.3 is 10.1 Å². The number of nitrogens with one attached hydrogen (secondary N) is 2. The van der Waals surface area contributed by atoms with E-state index in [1.54, 1.807) is 50.2 Å². The lowest BCUT2D eigenvalue weighted by Gasteiger charge is -2.25. The van der Waals surface area contributed by atoms with E-state index in [0.29, 0.717) is 16.1 Å². The van der Waals surface area contributed by atoms with Gasteiger partial charge in [-0.25, -0.2) is 4.79 Å². The number of urea groups is 1. The average Bonchev–Trinajstić information content (AvgIpc) is 2.98. The second-order valence-corrected chi connectivity index (χ2v) is 6.75. The monoisotopic (exact) mass is 412 g/mol. The van der Waals surface area contributed by atoms with Crippen LogP contribution in [0, 0.1) is 17.0 Å². The molecule has 2 aromatic rings. The van der Waals surface area contributed by atoms with Gasteiger partial charge in [-0.2, -0.15) is 5.01 Å². The Hall–Kier alpha value is -3.95. The highest BCUT2D eigenvalue weighted by molar-refractivity contribution is 6.08. The quantitative estimate of drug-likeness (QED) is 0.407. The van der Waals surface area contributed by atoms with Gasteiger partial charge in [-0.1, -0.05) is 43.3 Å². The summed E-state index contributed by atoms with van der Waals surface area (Å²) in [6.07, 6.45) is 0.278. The summed E-state index contributed by atoms with van der Waals surface area (Å²) in [7, 11) is 0. The summed E-state index contributed by atoms with van der Waals surface area (Å²) >= 11 is 0. The van der Waals surface area contributed by atoms with Crippen LogP contribution in [0.1, 0.15) is 24.5 Å².